The van der Waals surface area contributed by atoms with Crippen molar-refractivity contribution in [1.82, 2.24) is 9.88 Å². The molecule has 1 saturated heterocycles. The molecule has 5 heteroatoms. The Hall–Kier alpha value is -1.12. The lowest BCUT2D eigenvalue weighted by Gasteiger charge is -2.37. The second-order valence-electron chi connectivity index (χ2n) is 4.05. The molecule has 0 spiro atoms. The lowest BCUT2D eigenvalue weighted by molar-refractivity contribution is 0.199. The summed E-state index contributed by atoms with van der Waals surface area (Å²) < 4.78 is 0. The van der Waals surface area contributed by atoms with E-state index in [1.165, 1.54) is 0 Å². The molecule has 0 aliphatic carbocycles. The van der Waals surface area contributed by atoms with Gasteiger partial charge in [0.15, 0.2) is 5.13 Å². The van der Waals surface area contributed by atoms with Crippen LogP contribution in [0.3, 0.4) is 0 Å². The highest BCUT2D eigenvalue weighted by atomic mass is 32.1. The average Bonchev–Trinajstić information content (AvgIpc) is 2.83. The maximum atomic E-state index is 8.67. The van der Waals surface area contributed by atoms with Gasteiger partial charge in [-0.1, -0.05) is 0 Å². The summed E-state index contributed by atoms with van der Waals surface area (Å²) in [6.07, 6.45) is 2.47. The van der Waals surface area contributed by atoms with Crippen LogP contribution in [0.1, 0.15) is 13.3 Å². The molecule has 1 unspecified atom stereocenters. The maximum absolute atomic E-state index is 8.67. The zero-order valence-corrected chi connectivity index (χ0v) is 10.3. The molecule has 2 rings (SSSR count). The highest BCUT2D eigenvalue weighted by Gasteiger charge is 2.21. The predicted octanol–water partition coefficient (Wildman–Crippen LogP) is 1.57. The van der Waals surface area contributed by atoms with Crippen molar-refractivity contribution in [2.75, 3.05) is 31.1 Å². The summed E-state index contributed by atoms with van der Waals surface area (Å²) in [5, 5.41) is 11.8. The molecule has 1 atom stereocenters. The number of piperazine rings is 1. The smallest absolute Gasteiger partial charge is 0.185 e. The van der Waals surface area contributed by atoms with Gasteiger partial charge in [-0.15, -0.1) is 11.3 Å². The molecule has 86 valence electrons. The van der Waals surface area contributed by atoms with Gasteiger partial charge >= 0.3 is 0 Å². The summed E-state index contributed by atoms with van der Waals surface area (Å²) in [6.45, 7) is 6.22. The van der Waals surface area contributed by atoms with E-state index in [0.29, 0.717) is 12.5 Å². The van der Waals surface area contributed by atoms with Crippen LogP contribution in [0.5, 0.6) is 0 Å². The van der Waals surface area contributed by atoms with Gasteiger partial charge in [-0.3, -0.25) is 4.90 Å². The van der Waals surface area contributed by atoms with Gasteiger partial charge < -0.3 is 4.90 Å². The molecule has 0 amide bonds. The molecule has 1 aromatic rings. The Labute approximate surface area is 100 Å². The third kappa shape index (κ3) is 2.52. The van der Waals surface area contributed by atoms with E-state index in [4.69, 9.17) is 5.26 Å². The van der Waals surface area contributed by atoms with Gasteiger partial charge in [-0.05, 0) is 6.92 Å². The number of nitriles is 1. The number of nitrogens with zero attached hydrogens (tertiary/aromatic N) is 4. The molecule has 16 heavy (non-hydrogen) atoms. The molecule has 1 fully saturated rings. The van der Waals surface area contributed by atoms with Crippen molar-refractivity contribution < 1.29 is 0 Å². The first-order chi connectivity index (χ1) is 7.81. The van der Waals surface area contributed by atoms with E-state index in [9.17, 15) is 0 Å². The zero-order chi connectivity index (χ0) is 11.4. The van der Waals surface area contributed by atoms with Crippen LogP contribution in [0.4, 0.5) is 5.13 Å². The Bertz CT molecular complexity index is 349. The highest BCUT2D eigenvalue weighted by Crippen LogP contribution is 2.19. The van der Waals surface area contributed by atoms with Gasteiger partial charge in [0.2, 0.25) is 0 Å². The van der Waals surface area contributed by atoms with Crippen molar-refractivity contribution in [3.05, 3.63) is 11.6 Å². The number of rotatable bonds is 3. The van der Waals surface area contributed by atoms with E-state index in [1.54, 1.807) is 11.3 Å². The third-order valence-electron chi connectivity index (χ3n) is 3.01. The molecule has 0 saturated carbocycles. The Balaban J connectivity index is 1.85. The Morgan fingerprint density at radius 2 is 2.25 bits per heavy atom. The highest BCUT2D eigenvalue weighted by molar-refractivity contribution is 7.13. The topological polar surface area (TPSA) is 43.2 Å². The molecule has 4 nitrogen and oxygen atoms in total. The monoisotopic (exact) mass is 236 g/mol. The zero-order valence-electron chi connectivity index (χ0n) is 9.46. The minimum Gasteiger partial charge on any atom is -0.346 e. The number of thiazole rings is 1. The van der Waals surface area contributed by atoms with Crippen LogP contribution in [-0.4, -0.2) is 42.1 Å². The number of hydrogen-bond donors (Lipinski definition) is 0. The quantitative estimate of drug-likeness (QED) is 0.799. The van der Waals surface area contributed by atoms with Crippen LogP contribution < -0.4 is 4.90 Å². The van der Waals surface area contributed by atoms with Crippen LogP contribution in [0, 0.1) is 11.3 Å². The van der Waals surface area contributed by atoms with Crippen molar-refractivity contribution in [3.63, 3.8) is 0 Å². The van der Waals surface area contributed by atoms with Crippen LogP contribution in [0.15, 0.2) is 11.6 Å². The normalized spacial score (nSPS) is 19.4. The first-order valence-corrected chi connectivity index (χ1v) is 6.44. The fourth-order valence-electron chi connectivity index (χ4n) is 1.99. The van der Waals surface area contributed by atoms with Crippen LogP contribution >= 0.6 is 11.3 Å². The van der Waals surface area contributed by atoms with Gasteiger partial charge in [0.25, 0.3) is 0 Å². The summed E-state index contributed by atoms with van der Waals surface area (Å²) in [6, 6.07) is 2.62. The number of aromatic nitrogens is 1. The second kappa shape index (κ2) is 5.28. The predicted molar refractivity (Wildman–Crippen MR) is 65.6 cm³/mol. The van der Waals surface area contributed by atoms with E-state index in [2.05, 4.69) is 27.8 Å². The van der Waals surface area contributed by atoms with Gasteiger partial charge in [-0.2, -0.15) is 5.26 Å². The van der Waals surface area contributed by atoms with Gasteiger partial charge in [0.1, 0.15) is 0 Å². The largest absolute Gasteiger partial charge is 0.346 e. The summed E-state index contributed by atoms with van der Waals surface area (Å²) >= 11 is 1.69. The minimum atomic E-state index is 0.378. The van der Waals surface area contributed by atoms with Gasteiger partial charge in [0.05, 0.1) is 12.5 Å². The fourth-order valence-corrected chi connectivity index (χ4v) is 2.68. The lowest BCUT2D eigenvalue weighted by Crippen LogP contribution is -2.49. The lowest BCUT2D eigenvalue weighted by atomic mass is 10.2. The molecule has 0 bridgehead atoms. The summed E-state index contributed by atoms with van der Waals surface area (Å²) in [5.41, 5.74) is 0. The van der Waals surface area contributed by atoms with Crippen molar-refractivity contribution in [1.29, 1.82) is 5.26 Å². The van der Waals surface area contributed by atoms with Gasteiger partial charge in [-0.25, -0.2) is 4.98 Å². The first kappa shape index (κ1) is 11.4. The summed E-state index contributed by atoms with van der Waals surface area (Å²) in [7, 11) is 0. The molecule has 1 aromatic heterocycles. The van der Waals surface area contributed by atoms with Crippen LogP contribution in [-0.2, 0) is 0 Å². The van der Waals surface area contributed by atoms with Gasteiger partial charge in [0, 0.05) is 43.8 Å². The molecule has 0 aromatic carbocycles. The molecular weight excluding hydrogens is 220 g/mol. The van der Waals surface area contributed by atoms with E-state index in [1.807, 2.05) is 11.6 Å². The Kier molecular flexibility index (Phi) is 3.75. The Morgan fingerprint density at radius 1 is 1.50 bits per heavy atom. The van der Waals surface area contributed by atoms with Crippen molar-refractivity contribution in [3.8, 4) is 6.07 Å². The standard InChI is InChI=1S/C11H16N4S/c1-10(2-3-12)14-5-7-15(8-6-14)11-13-4-9-16-11/h4,9-10H,2,5-8H2,1H3. The number of hydrogen-bond acceptors (Lipinski definition) is 5. The number of anilines is 1. The van der Waals surface area contributed by atoms with Crippen molar-refractivity contribution in [2.24, 2.45) is 0 Å². The first-order valence-electron chi connectivity index (χ1n) is 5.56. The fraction of sp³-hybridized carbons (Fsp3) is 0.636. The van der Waals surface area contributed by atoms with E-state index in [0.717, 1.165) is 31.3 Å². The van der Waals surface area contributed by atoms with E-state index in [-0.39, 0.29) is 0 Å². The van der Waals surface area contributed by atoms with E-state index < -0.39 is 0 Å². The SMILES string of the molecule is CC(CC#N)N1CCN(c2nccs2)CC1. The summed E-state index contributed by atoms with van der Waals surface area (Å²) in [4.78, 5) is 9.02. The van der Waals surface area contributed by atoms with E-state index >= 15 is 0 Å². The molecule has 1 aliphatic heterocycles. The summed E-state index contributed by atoms with van der Waals surface area (Å²) in [5.74, 6) is 0. The third-order valence-corrected chi connectivity index (χ3v) is 3.85. The second-order valence-corrected chi connectivity index (χ2v) is 4.92. The van der Waals surface area contributed by atoms with Crippen LogP contribution in [0.2, 0.25) is 0 Å². The molecule has 0 N–H and O–H groups in total. The van der Waals surface area contributed by atoms with Crippen molar-refractivity contribution >= 4 is 16.5 Å². The van der Waals surface area contributed by atoms with Crippen molar-refractivity contribution in [2.45, 2.75) is 19.4 Å². The molecule has 0 radical (unpaired) electrons. The Morgan fingerprint density at radius 3 is 2.81 bits per heavy atom. The maximum Gasteiger partial charge on any atom is 0.185 e. The molecular formula is C11H16N4S. The molecule has 2 heterocycles. The molecule has 1 aliphatic rings. The van der Waals surface area contributed by atoms with Crippen LogP contribution in [0.25, 0.3) is 0 Å². The average molecular weight is 236 g/mol. The minimum absolute atomic E-state index is 0.378.